The van der Waals surface area contributed by atoms with E-state index in [0.29, 0.717) is 6.54 Å². The molecule has 0 saturated heterocycles. The Bertz CT molecular complexity index is 984. The van der Waals surface area contributed by atoms with Gasteiger partial charge >= 0.3 is 0 Å². The Labute approximate surface area is 164 Å². The van der Waals surface area contributed by atoms with Crippen LogP contribution in [-0.4, -0.2) is 26.3 Å². The number of nitrogens with zero attached hydrogens (tertiary/aromatic N) is 4. The van der Waals surface area contributed by atoms with Gasteiger partial charge in [-0.05, 0) is 23.3 Å². The molecule has 140 valence electrons. The van der Waals surface area contributed by atoms with Crippen molar-refractivity contribution in [3.8, 4) is 11.1 Å². The molecule has 0 saturated carbocycles. The highest BCUT2D eigenvalue weighted by molar-refractivity contribution is 5.76. The second-order valence-corrected chi connectivity index (χ2v) is 6.38. The van der Waals surface area contributed by atoms with Gasteiger partial charge in [-0.1, -0.05) is 60.7 Å². The van der Waals surface area contributed by atoms with Gasteiger partial charge in [-0.15, -0.1) is 0 Å². The number of benzene rings is 2. The van der Waals surface area contributed by atoms with Crippen molar-refractivity contribution in [3.63, 3.8) is 0 Å². The number of rotatable bonds is 8. The molecule has 0 atom stereocenters. The molecule has 2 N–H and O–H groups in total. The number of hydrogen-bond acceptors (Lipinski definition) is 5. The third-order valence-corrected chi connectivity index (χ3v) is 4.40. The zero-order valence-corrected chi connectivity index (χ0v) is 15.5. The highest BCUT2D eigenvalue weighted by atomic mass is 15.3. The number of anilines is 2. The van der Waals surface area contributed by atoms with Crippen LogP contribution in [0.1, 0.15) is 5.56 Å². The largest absolute Gasteiger partial charge is 0.368 e. The summed E-state index contributed by atoms with van der Waals surface area (Å²) in [7, 11) is 0. The highest BCUT2D eigenvalue weighted by Crippen LogP contribution is 2.28. The van der Waals surface area contributed by atoms with Crippen molar-refractivity contribution in [2.45, 2.75) is 13.1 Å². The minimum Gasteiger partial charge on any atom is -0.368 e. The van der Waals surface area contributed by atoms with Crippen molar-refractivity contribution in [2.75, 3.05) is 17.2 Å². The molecule has 2 aromatic heterocycles. The molecule has 2 aromatic carbocycles. The monoisotopic (exact) mass is 370 g/mol. The van der Waals surface area contributed by atoms with Crippen LogP contribution < -0.4 is 10.6 Å². The summed E-state index contributed by atoms with van der Waals surface area (Å²) in [6.45, 7) is 2.16. The molecule has 4 rings (SSSR count). The second kappa shape index (κ2) is 8.81. The summed E-state index contributed by atoms with van der Waals surface area (Å²) in [5, 5.41) is 11.0. The molecule has 0 bridgehead atoms. The molecule has 0 radical (unpaired) electrons. The van der Waals surface area contributed by atoms with Crippen LogP contribution in [0, 0.1) is 0 Å². The standard InChI is InChI=1S/C22H22N6/c1-3-7-18(8-4-1)15-25-21-12-11-20(19-9-5-2-6-10-19)22(27-21)24-13-14-28-17-23-16-26-28/h1-12,16-17H,13-15H2,(H2,24,25,27). The van der Waals surface area contributed by atoms with Crippen LogP contribution in [0.15, 0.2) is 85.5 Å². The first kappa shape index (κ1) is 17.7. The fourth-order valence-corrected chi connectivity index (χ4v) is 2.97. The fraction of sp³-hybridized carbons (Fsp3) is 0.136. The third-order valence-electron chi connectivity index (χ3n) is 4.40. The number of pyridine rings is 1. The van der Waals surface area contributed by atoms with Crippen molar-refractivity contribution < 1.29 is 0 Å². The maximum Gasteiger partial charge on any atom is 0.137 e. The van der Waals surface area contributed by atoms with E-state index >= 15 is 0 Å². The fourth-order valence-electron chi connectivity index (χ4n) is 2.97. The molecule has 0 amide bonds. The zero-order chi connectivity index (χ0) is 19.0. The van der Waals surface area contributed by atoms with Gasteiger partial charge in [-0.3, -0.25) is 4.68 Å². The molecular weight excluding hydrogens is 348 g/mol. The smallest absolute Gasteiger partial charge is 0.137 e. The Morgan fingerprint density at radius 3 is 2.36 bits per heavy atom. The normalized spacial score (nSPS) is 10.6. The molecule has 28 heavy (non-hydrogen) atoms. The molecule has 2 heterocycles. The molecule has 0 aliphatic carbocycles. The van der Waals surface area contributed by atoms with Gasteiger partial charge in [0.15, 0.2) is 0 Å². The topological polar surface area (TPSA) is 67.7 Å². The van der Waals surface area contributed by atoms with E-state index in [4.69, 9.17) is 4.98 Å². The lowest BCUT2D eigenvalue weighted by molar-refractivity contribution is 0.635. The maximum absolute atomic E-state index is 4.82. The minimum atomic E-state index is 0.707. The summed E-state index contributed by atoms with van der Waals surface area (Å²) in [5.74, 6) is 1.69. The third kappa shape index (κ3) is 4.54. The first-order valence-corrected chi connectivity index (χ1v) is 9.29. The molecule has 0 fully saturated rings. The lowest BCUT2D eigenvalue weighted by Gasteiger charge is -2.14. The Morgan fingerprint density at radius 2 is 1.61 bits per heavy atom. The number of aromatic nitrogens is 4. The number of nitrogens with one attached hydrogen (secondary N) is 2. The predicted octanol–water partition coefficient (Wildman–Crippen LogP) is 4.06. The Kier molecular flexibility index (Phi) is 5.58. The van der Waals surface area contributed by atoms with Crippen LogP contribution in [0.5, 0.6) is 0 Å². The maximum atomic E-state index is 4.82. The van der Waals surface area contributed by atoms with Crippen LogP contribution in [0.4, 0.5) is 11.6 Å². The quantitative estimate of drug-likeness (QED) is 0.489. The van der Waals surface area contributed by atoms with E-state index in [9.17, 15) is 0 Å². The van der Waals surface area contributed by atoms with Gasteiger partial charge in [0.25, 0.3) is 0 Å². The van der Waals surface area contributed by atoms with E-state index < -0.39 is 0 Å². The Morgan fingerprint density at radius 1 is 0.821 bits per heavy atom. The van der Waals surface area contributed by atoms with E-state index in [1.165, 1.54) is 5.56 Å². The molecule has 4 aromatic rings. The van der Waals surface area contributed by atoms with E-state index in [1.54, 1.807) is 17.3 Å². The summed E-state index contributed by atoms with van der Waals surface area (Å²) < 4.78 is 1.80. The average molecular weight is 370 g/mol. The second-order valence-electron chi connectivity index (χ2n) is 6.38. The van der Waals surface area contributed by atoms with E-state index in [-0.39, 0.29) is 0 Å². The van der Waals surface area contributed by atoms with Crippen LogP contribution >= 0.6 is 0 Å². The van der Waals surface area contributed by atoms with Crippen molar-refractivity contribution in [1.29, 1.82) is 0 Å². The average Bonchev–Trinajstić information content (AvgIpc) is 3.27. The predicted molar refractivity (Wildman–Crippen MR) is 112 cm³/mol. The molecule has 0 unspecified atom stereocenters. The van der Waals surface area contributed by atoms with Gasteiger partial charge < -0.3 is 10.6 Å². The van der Waals surface area contributed by atoms with Crippen LogP contribution in [0.3, 0.4) is 0 Å². The lowest BCUT2D eigenvalue weighted by atomic mass is 10.1. The molecule has 6 heteroatoms. The molecular formula is C22H22N6. The van der Waals surface area contributed by atoms with E-state index in [1.807, 2.05) is 42.5 Å². The van der Waals surface area contributed by atoms with Gasteiger partial charge in [0, 0.05) is 18.7 Å². The van der Waals surface area contributed by atoms with Crippen molar-refractivity contribution in [2.24, 2.45) is 0 Å². The van der Waals surface area contributed by atoms with Gasteiger partial charge in [0.2, 0.25) is 0 Å². The van der Waals surface area contributed by atoms with Crippen molar-refractivity contribution in [3.05, 3.63) is 91.0 Å². The molecule has 6 nitrogen and oxygen atoms in total. The summed E-state index contributed by atoms with van der Waals surface area (Å²) in [6, 6.07) is 24.7. The van der Waals surface area contributed by atoms with E-state index in [0.717, 1.165) is 35.9 Å². The molecule has 0 spiro atoms. The lowest BCUT2D eigenvalue weighted by Crippen LogP contribution is -2.13. The number of hydrogen-bond donors (Lipinski definition) is 2. The van der Waals surface area contributed by atoms with Crippen LogP contribution in [0.2, 0.25) is 0 Å². The SMILES string of the molecule is c1ccc(CNc2ccc(-c3ccccc3)c(NCCn3cncn3)n2)cc1. The van der Waals surface area contributed by atoms with Crippen molar-refractivity contribution >= 4 is 11.6 Å². The minimum absolute atomic E-state index is 0.707. The van der Waals surface area contributed by atoms with Gasteiger partial charge in [0.1, 0.15) is 24.3 Å². The van der Waals surface area contributed by atoms with Gasteiger partial charge in [-0.25, -0.2) is 9.97 Å². The van der Waals surface area contributed by atoms with Crippen LogP contribution in [-0.2, 0) is 13.1 Å². The Balaban J connectivity index is 1.52. The van der Waals surface area contributed by atoms with Crippen molar-refractivity contribution in [1.82, 2.24) is 19.7 Å². The summed E-state index contributed by atoms with van der Waals surface area (Å²) >= 11 is 0. The summed E-state index contributed by atoms with van der Waals surface area (Å²) in [5.41, 5.74) is 3.43. The van der Waals surface area contributed by atoms with Crippen LogP contribution in [0.25, 0.3) is 11.1 Å². The Hall–Kier alpha value is -3.67. The highest BCUT2D eigenvalue weighted by Gasteiger charge is 2.08. The van der Waals surface area contributed by atoms with Gasteiger partial charge in [-0.2, -0.15) is 5.10 Å². The first-order valence-electron chi connectivity index (χ1n) is 9.29. The summed E-state index contributed by atoms with van der Waals surface area (Å²) in [6.07, 6.45) is 3.26. The first-order chi connectivity index (χ1) is 13.9. The molecule has 0 aliphatic rings. The summed E-state index contributed by atoms with van der Waals surface area (Å²) in [4.78, 5) is 8.79. The van der Waals surface area contributed by atoms with Gasteiger partial charge in [0.05, 0.1) is 6.54 Å². The van der Waals surface area contributed by atoms with E-state index in [2.05, 4.69) is 51.0 Å². The molecule has 0 aliphatic heterocycles. The zero-order valence-electron chi connectivity index (χ0n) is 15.5.